The molecule has 8 nitrogen and oxygen atoms in total. The highest BCUT2D eigenvalue weighted by Gasteiger charge is 2.17. The number of amides is 2. The molecule has 0 atom stereocenters. The molecule has 0 saturated heterocycles. The van der Waals surface area contributed by atoms with Gasteiger partial charge in [0, 0.05) is 26.4 Å². The molecule has 130 valence electrons. The molecule has 1 aromatic carbocycles. The summed E-state index contributed by atoms with van der Waals surface area (Å²) in [5.41, 5.74) is 2.70. The normalized spacial score (nSPS) is 13.2. The van der Waals surface area contributed by atoms with Gasteiger partial charge < -0.3 is 19.6 Å². The molecule has 2 N–H and O–H groups in total. The predicted molar refractivity (Wildman–Crippen MR) is 91.0 cm³/mol. The van der Waals surface area contributed by atoms with Crippen LogP contribution < -0.4 is 10.6 Å². The SMILES string of the molecule is Cc1nc2c(CCNC(=O)NCc3nnc4n3CCC4)cccc2o1. The molecule has 4 rings (SSSR count). The molecule has 0 radical (unpaired) electrons. The zero-order valence-corrected chi connectivity index (χ0v) is 14.1. The van der Waals surface area contributed by atoms with Crippen LogP contribution in [0, 0.1) is 6.92 Å². The smallest absolute Gasteiger partial charge is 0.315 e. The lowest BCUT2D eigenvalue weighted by atomic mass is 10.1. The number of hydrogen-bond acceptors (Lipinski definition) is 5. The third kappa shape index (κ3) is 3.19. The highest BCUT2D eigenvalue weighted by Crippen LogP contribution is 2.19. The van der Waals surface area contributed by atoms with Crippen molar-refractivity contribution in [1.82, 2.24) is 30.4 Å². The number of benzene rings is 1. The summed E-state index contributed by atoms with van der Waals surface area (Å²) in [7, 11) is 0. The van der Waals surface area contributed by atoms with Crippen LogP contribution in [-0.2, 0) is 25.9 Å². The fourth-order valence-corrected chi connectivity index (χ4v) is 3.19. The van der Waals surface area contributed by atoms with Crippen LogP contribution in [-0.4, -0.2) is 32.3 Å². The predicted octanol–water partition coefficient (Wildman–Crippen LogP) is 1.72. The summed E-state index contributed by atoms with van der Waals surface area (Å²) in [6, 6.07) is 5.63. The van der Waals surface area contributed by atoms with Gasteiger partial charge in [0.2, 0.25) is 0 Å². The number of nitrogens with one attached hydrogen (secondary N) is 2. The van der Waals surface area contributed by atoms with Crippen molar-refractivity contribution in [2.24, 2.45) is 0 Å². The van der Waals surface area contributed by atoms with Gasteiger partial charge >= 0.3 is 6.03 Å². The third-order valence-electron chi connectivity index (χ3n) is 4.38. The Hall–Kier alpha value is -2.90. The molecule has 0 unspecified atom stereocenters. The summed E-state index contributed by atoms with van der Waals surface area (Å²) in [4.78, 5) is 16.4. The summed E-state index contributed by atoms with van der Waals surface area (Å²) in [6.07, 6.45) is 2.75. The standard InChI is InChI=1S/C17H20N6O2/c1-11-20-16-12(4-2-5-13(16)25-11)7-8-18-17(24)19-10-15-22-21-14-6-3-9-23(14)15/h2,4-5H,3,6-10H2,1H3,(H2,18,19,24). The molecule has 1 aliphatic rings. The number of carbonyl (C=O) groups is 1. The lowest BCUT2D eigenvalue weighted by molar-refractivity contribution is 0.240. The van der Waals surface area contributed by atoms with E-state index in [4.69, 9.17) is 4.42 Å². The average molecular weight is 340 g/mol. The lowest BCUT2D eigenvalue weighted by Gasteiger charge is -2.08. The van der Waals surface area contributed by atoms with Crippen LogP contribution in [0.15, 0.2) is 22.6 Å². The number of hydrogen-bond donors (Lipinski definition) is 2. The number of carbonyl (C=O) groups excluding carboxylic acids is 1. The van der Waals surface area contributed by atoms with Crippen LogP contribution in [0.25, 0.3) is 11.1 Å². The molecule has 0 fully saturated rings. The minimum absolute atomic E-state index is 0.209. The maximum Gasteiger partial charge on any atom is 0.315 e. The van der Waals surface area contributed by atoms with E-state index >= 15 is 0 Å². The molecule has 0 spiro atoms. The highest BCUT2D eigenvalue weighted by atomic mass is 16.3. The summed E-state index contributed by atoms with van der Waals surface area (Å²) in [5, 5.41) is 14.0. The van der Waals surface area contributed by atoms with Gasteiger partial charge in [0.15, 0.2) is 17.3 Å². The van der Waals surface area contributed by atoms with E-state index in [0.717, 1.165) is 47.7 Å². The number of aryl methyl sites for hydroxylation is 2. The second-order valence-corrected chi connectivity index (χ2v) is 6.14. The Morgan fingerprint density at radius 2 is 2.24 bits per heavy atom. The van der Waals surface area contributed by atoms with Crippen LogP contribution in [0.2, 0.25) is 0 Å². The first-order valence-electron chi connectivity index (χ1n) is 8.48. The van der Waals surface area contributed by atoms with Crippen LogP contribution >= 0.6 is 0 Å². The van der Waals surface area contributed by atoms with E-state index in [9.17, 15) is 4.79 Å². The molecule has 3 heterocycles. The van der Waals surface area contributed by atoms with E-state index in [1.165, 1.54) is 0 Å². The monoisotopic (exact) mass is 340 g/mol. The highest BCUT2D eigenvalue weighted by molar-refractivity contribution is 5.77. The molecule has 2 aromatic heterocycles. The minimum atomic E-state index is -0.209. The molecule has 1 aliphatic heterocycles. The molecule has 2 amide bonds. The van der Waals surface area contributed by atoms with Crippen molar-refractivity contribution >= 4 is 17.1 Å². The van der Waals surface area contributed by atoms with Crippen LogP contribution in [0.3, 0.4) is 0 Å². The van der Waals surface area contributed by atoms with Gasteiger partial charge in [0.1, 0.15) is 11.3 Å². The van der Waals surface area contributed by atoms with E-state index in [1.807, 2.05) is 25.1 Å². The van der Waals surface area contributed by atoms with Gasteiger partial charge in [-0.3, -0.25) is 0 Å². The van der Waals surface area contributed by atoms with Gasteiger partial charge in [-0.15, -0.1) is 10.2 Å². The molecule has 25 heavy (non-hydrogen) atoms. The van der Waals surface area contributed by atoms with E-state index in [1.54, 1.807) is 0 Å². The molecular formula is C17H20N6O2. The Labute approximate surface area is 144 Å². The van der Waals surface area contributed by atoms with Crippen molar-refractivity contribution in [3.05, 3.63) is 41.3 Å². The number of rotatable bonds is 5. The summed E-state index contributed by atoms with van der Waals surface area (Å²) >= 11 is 0. The summed E-state index contributed by atoms with van der Waals surface area (Å²) < 4.78 is 7.60. The lowest BCUT2D eigenvalue weighted by Crippen LogP contribution is -2.36. The molecule has 8 heteroatoms. The van der Waals surface area contributed by atoms with Gasteiger partial charge in [-0.05, 0) is 24.5 Å². The third-order valence-corrected chi connectivity index (χ3v) is 4.38. The summed E-state index contributed by atoms with van der Waals surface area (Å²) in [6.45, 7) is 3.67. The number of para-hydroxylation sites is 1. The van der Waals surface area contributed by atoms with Crippen LogP contribution in [0.4, 0.5) is 4.79 Å². The van der Waals surface area contributed by atoms with Crippen molar-refractivity contribution in [3.8, 4) is 0 Å². The van der Waals surface area contributed by atoms with Gasteiger partial charge in [0.25, 0.3) is 0 Å². The largest absolute Gasteiger partial charge is 0.441 e. The Morgan fingerprint density at radius 3 is 3.16 bits per heavy atom. The number of urea groups is 1. The topological polar surface area (TPSA) is 97.9 Å². The van der Waals surface area contributed by atoms with Gasteiger partial charge in [-0.25, -0.2) is 9.78 Å². The maximum absolute atomic E-state index is 12.0. The first-order chi connectivity index (χ1) is 12.2. The van der Waals surface area contributed by atoms with Crippen molar-refractivity contribution in [2.45, 2.75) is 39.3 Å². The van der Waals surface area contributed by atoms with E-state index in [2.05, 4.69) is 30.4 Å². The van der Waals surface area contributed by atoms with Crippen molar-refractivity contribution in [2.75, 3.05) is 6.54 Å². The van der Waals surface area contributed by atoms with Crippen LogP contribution in [0.1, 0.15) is 29.5 Å². The number of fused-ring (bicyclic) bond motifs is 2. The molecule has 0 bridgehead atoms. The molecule has 3 aromatic rings. The number of aromatic nitrogens is 4. The van der Waals surface area contributed by atoms with Crippen molar-refractivity contribution < 1.29 is 9.21 Å². The van der Waals surface area contributed by atoms with E-state index in [-0.39, 0.29) is 6.03 Å². The fraction of sp³-hybridized carbons (Fsp3) is 0.412. The quantitative estimate of drug-likeness (QED) is 0.737. The molecular weight excluding hydrogens is 320 g/mol. The molecule has 0 saturated carbocycles. The zero-order valence-electron chi connectivity index (χ0n) is 14.1. The number of oxazole rings is 1. The van der Waals surface area contributed by atoms with Crippen molar-refractivity contribution in [3.63, 3.8) is 0 Å². The fourth-order valence-electron chi connectivity index (χ4n) is 3.19. The first kappa shape index (κ1) is 15.6. The van der Waals surface area contributed by atoms with E-state index in [0.29, 0.717) is 25.4 Å². The minimum Gasteiger partial charge on any atom is -0.441 e. The summed E-state index contributed by atoms with van der Waals surface area (Å²) in [5.74, 6) is 2.47. The Kier molecular flexibility index (Phi) is 4.09. The van der Waals surface area contributed by atoms with E-state index < -0.39 is 0 Å². The van der Waals surface area contributed by atoms with Crippen LogP contribution in [0.5, 0.6) is 0 Å². The maximum atomic E-state index is 12.0. The van der Waals surface area contributed by atoms with Crippen molar-refractivity contribution in [1.29, 1.82) is 0 Å². The zero-order chi connectivity index (χ0) is 17.2. The van der Waals surface area contributed by atoms with Gasteiger partial charge in [-0.2, -0.15) is 0 Å². The Bertz CT molecular complexity index is 913. The Morgan fingerprint density at radius 1 is 1.32 bits per heavy atom. The first-order valence-corrected chi connectivity index (χ1v) is 8.48. The molecule has 0 aliphatic carbocycles. The van der Waals surface area contributed by atoms with Gasteiger partial charge in [-0.1, -0.05) is 12.1 Å². The number of nitrogens with zero attached hydrogens (tertiary/aromatic N) is 4. The Balaban J connectivity index is 1.28. The van der Waals surface area contributed by atoms with Gasteiger partial charge in [0.05, 0.1) is 6.54 Å². The average Bonchev–Trinajstić information content (AvgIpc) is 3.28. The second-order valence-electron chi connectivity index (χ2n) is 6.14. The second kappa shape index (κ2) is 6.54.